The predicted octanol–water partition coefficient (Wildman–Crippen LogP) is 1.24. The van der Waals surface area contributed by atoms with Crippen molar-refractivity contribution in [2.45, 2.75) is 4.90 Å². The van der Waals surface area contributed by atoms with E-state index >= 15 is 0 Å². The fourth-order valence-corrected chi connectivity index (χ4v) is 1.78. The summed E-state index contributed by atoms with van der Waals surface area (Å²) in [6.45, 7) is 0. The average molecular weight is 248 g/mol. The van der Waals surface area contributed by atoms with Crippen molar-refractivity contribution in [3.05, 3.63) is 29.8 Å². The van der Waals surface area contributed by atoms with Gasteiger partial charge in [-0.3, -0.25) is 0 Å². The Morgan fingerprint density at radius 3 is 2.38 bits per heavy atom. The topological polar surface area (TPSA) is 49.7 Å². The number of benzene rings is 1. The van der Waals surface area contributed by atoms with E-state index in [0.717, 1.165) is 18.5 Å². The maximum Gasteiger partial charge on any atom is 0.283 e. The van der Waals surface area contributed by atoms with Gasteiger partial charge in [-0.2, -0.15) is 8.42 Å². The van der Waals surface area contributed by atoms with Crippen LogP contribution in [0.1, 0.15) is 0 Å². The Bertz CT molecular complexity index is 512. The van der Waals surface area contributed by atoms with Crippen LogP contribution in [0.4, 0.5) is 8.78 Å². The summed E-state index contributed by atoms with van der Waals surface area (Å²) in [5.41, 5.74) is 0. The maximum absolute atomic E-state index is 12.8. The van der Waals surface area contributed by atoms with E-state index in [1.165, 1.54) is 4.90 Å². The predicted molar refractivity (Wildman–Crippen MR) is 55.7 cm³/mol. The maximum atomic E-state index is 12.8. The second kappa shape index (κ2) is 4.56. The lowest BCUT2D eigenvalue weighted by Crippen LogP contribution is -2.10. The summed E-state index contributed by atoms with van der Waals surface area (Å²) >= 11 is 0. The van der Waals surface area contributed by atoms with E-state index in [-0.39, 0.29) is 4.90 Å². The van der Waals surface area contributed by atoms with E-state index in [1.807, 2.05) is 0 Å². The van der Waals surface area contributed by atoms with Crippen LogP contribution in [-0.2, 0) is 10.0 Å². The van der Waals surface area contributed by atoms with Crippen molar-refractivity contribution < 1.29 is 17.2 Å². The van der Waals surface area contributed by atoms with Crippen molar-refractivity contribution in [3.63, 3.8) is 0 Å². The summed E-state index contributed by atoms with van der Waals surface area (Å²) in [5, 5.41) is 0. The minimum absolute atomic E-state index is 0.385. The van der Waals surface area contributed by atoms with Crippen molar-refractivity contribution in [3.8, 4) is 0 Å². The van der Waals surface area contributed by atoms with Crippen LogP contribution in [0.25, 0.3) is 0 Å². The Hall–Kier alpha value is -1.50. The van der Waals surface area contributed by atoms with Gasteiger partial charge >= 0.3 is 0 Å². The van der Waals surface area contributed by atoms with Crippen molar-refractivity contribution in [2.75, 3.05) is 14.1 Å². The van der Waals surface area contributed by atoms with Gasteiger partial charge < -0.3 is 4.90 Å². The van der Waals surface area contributed by atoms with Crippen molar-refractivity contribution in [1.29, 1.82) is 0 Å². The highest BCUT2D eigenvalue weighted by molar-refractivity contribution is 7.90. The van der Waals surface area contributed by atoms with Gasteiger partial charge in [0.2, 0.25) is 0 Å². The average Bonchev–Trinajstić information content (AvgIpc) is 2.19. The van der Waals surface area contributed by atoms with Gasteiger partial charge in [-0.05, 0) is 18.2 Å². The van der Waals surface area contributed by atoms with E-state index < -0.39 is 21.7 Å². The fraction of sp³-hybridized carbons (Fsp3) is 0.222. The van der Waals surface area contributed by atoms with Crippen LogP contribution >= 0.6 is 0 Å². The molecule has 88 valence electrons. The van der Waals surface area contributed by atoms with Gasteiger partial charge in [-0.25, -0.2) is 8.78 Å². The highest BCUT2D eigenvalue weighted by Gasteiger charge is 2.14. The van der Waals surface area contributed by atoms with Crippen LogP contribution in [0.5, 0.6) is 0 Å². The molecule has 1 rings (SSSR count). The molecular formula is C9H10F2N2O2S. The molecule has 0 bridgehead atoms. The van der Waals surface area contributed by atoms with E-state index in [4.69, 9.17) is 0 Å². The SMILES string of the molecule is CN(C)/C=N\S(=O)(=O)c1ccc(F)c(F)c1. The number of nitrogens with zero attached hydrogens (tertiary/aromatic N) is 2. The number of sulfonamides is 1. The van der Waals surface area contributed by atoms with E-state index in [9.17, 15) is 17.2 Å². The Morgan fingerprint density at radius 2 is 1.88 bits per heavy atom. The zero-order valence-electron chi connectivity index (χ0n) is 8.68. The molecule has 0 amide bonds. The van der Waals surface area contributed by atoms with Crippen LogP contribution in [0.3, 0.4) is 0 Å². The monoisotopic (exact) mass is 248 g/mol. The van der Waals surface area contributed by atoms with Gasteiger partial charge in [0, 0.05) is 14.1 Å². The molecule has 7 heteroatoms. The normalized spacial score (nSPS) is 12.0. The lowest BCUT2D eigenvalue weighted by molar-refractivity contribution is 0.504. The summed E-state index contributed by atoms with van der Waals surface area (Å²) in [5.74, 6) is -2.32. The molecule has 0 N–H and O–H groups in total. The molecule has 1 aromatic carbocycles. The highest BCUT2D eigenvalue weighted by atomic mass is 32.2. The van der Waals surface area contributed by atoms with Gasteiger partial charge in [0.1, 0.15) is 6.34 Å². The number of rotatable bonds is 3. The zero-order chi connectivity index (χ0) is 12.3. The number of hydrogen-bond acceptors (Lipinski definition) is 2. The Morgan fingerprint density at radius 1 is 1.25 bits per heavy atom. The van der Waals surface area contributed by atoms with Crippen LogP contribution < -0.4 is 0 Å². The third kappa shape index (κ3) is 2.99. The molecule has 0 aliphatic rings. The molecule has 0 unspecified atom stereocenters. The summed E-state index contributed by atoms with van der Waals surface area (Å²) in [4.78, 5) is 1.03. The van der Waals surface area contributed by atoms with Crippen LogP contribution in [-0.4, -0.2) is 33.8 Å². The molecule has 16 heavy (non-hydrogen) atoms. The second-order valence-electron chi connectivity index (χ2n) is 3.24. The molecule has 0 heterocycles. The Balaban J connectivity index is 3.13. The lowest BCUT2D eigenvalue weighted by Gasteiger charge is -2.03. The van der Waals surface area contributed by atoms with Gasteiger partial charge in [0.25, 0.3) is 10.0 Å². The summed E-state index contributed by atoms with van der Waals surface area (Å²) in [7, 11) is -0.798. The molecule has 4 nitrogen and oxygen atoms in total. The first kappa shape index (κ1) is 12.6. The molecule has 0 saturated carbocycles. The number of hydrogen-bond donors (Lipinski definition) is 0. The fourth-order valence-electron chi connectivity index (χ4n) is 0.855. The molecule has 1 aromatic rings. The van der Waals surface area contributed by atoms with Gasteiger partial charge in [-0.1, -0.05) is 0 Å². The Kier molecular flexibility index (Phi) is 3.58. The first-order valence-electron chi connectivity index (χ1n) is 4.25. The largest absolute Gasteiger partial charge is 0.368 e. The van der Waals surface area contributed by atoms with Gasteiger partial charge in [0.15, 0.2) is 11.6 Å². The van der Waals surface area contributed by atoms with E-state index in [2.05, 4.69) is 4.40 Å². The molecular weight excluding hydrogens is 238 g/mol. The Labute approximate surface area is 92.3 Å². The molecule has 0 aliphatic carbocycles. The third-order valence-corrected chi connectivity index (χ3v) is 2.83. The third-order valence-electron chi connectivity index (χ3n) is 1.61. The minimum Gasteiger partial charge on any atom is -0.368 e. The van der Waals surface area contributed by atoms with E-state index in [0.29, 0.717) is 6.07 Å². The van der Waals surface area contributed by atoms with Crippen molar-refractivity contribution in [1.82, 2.24) is 4.90 Å². The van der Waals surface area contributed by atoms with Crippen LogP contribution in [0.2, 0.25) is 0 Å². The molecule has 0 aromatic heterocycles. The first-order chi connectivity index (χ1) is 7.33. The first-order valence-corrected chi connectivity index (χ1v) is 5.69. The summed E-state index contributed by atoms with van der Waals surface area (Å²) < 4.78 is 51.6. The molecule has 0 atom stereocenters. The summed E-state index contributed by atoms with van der Waals surface area (Å²) in [6.07, 6.45) is 1.07. The molecule has 0 aliphatic heterocycles. The summed E-state index contributed by atoms with van der Waals surface area (Å²) in [6, 6.07) is 2.30. The molecule has 0 radical (unpaired) electrons. The van der Waals surface area contributed by atoms with Crippen LogP contribution in [0.15, 0.2) is 27.5 Å². The van der Waals surface area contributed by atoms with Gasteiger partial charge in [-0.15, -0.1) is 4.40 Å². The zero-order valence-corrected chi connectivity index (χ0v) is 9.50. The van der Waals surface area contributed by atoms with Gasteiger partial charge in [0.05, 0.1) is 4.90 Å². The molecule has 0 spiro atoms. The lowest BCUT2D eigenvalue weighted by atomic mass is 10.3. The van der Waals surface area contributed by atoms with Crippen molar-refractivity contribution >= 4 is 16.4 Å². The standard InChI is InChI=1S/C9H10F2N2O2S/c1-13(2)6-12-16(14,15)7-3-4-8(10)9(11)5-7/h3-6H,1-2H3/b12-6-. The highest BCUT2D eigenvalue weighted by Crippen LogP contribution is 2.15. The van der Waals surface area contributed by atoms with Crippen LogP contribution in [0, 0.1) is 11.6 Å². The molecule has 0 fully saturated rings. The quantitative estimate of drug-likeness (QED) is 0.597. The smallest absolute Gasteiger partial charge is 0.283 e. The number of halogens is 2. The minimum atomic E-state index is -3.97. The second-order valence-corrected chi connectivity index (χ2v) is 4.87. The van der Waals surface area contributed by atoms with E-state index in [1.54, 1.807) is 14.1 Å². The van der Waals surface area contributed by atoms with Crippen molar-refractivity contribution in [2.24, 2.45) is 4.40 Å². The molecule has 0 saturated heterocycles.